The topological polar surface area (TPSA) is 63.6 Å². The number of rotatable bonds is 14. The number of carbonyl (C=O) groups is 2. The van der Waals surface area contributed by atoms with Gasteiger partial charge in [-0.2, -0.15) is 0 Å². The number of carboxylic acids is 1. The van der Waals surface area contributed by atoms with Crippen LogP contribution in [-0.2, 0) is 4.52 Å². The van der Waals surface area contributed by atoms with Gasteiger partial charge in [0.15, 0.2) is 0 Å². The Labute approximate surface area is 206 Å². The van der Waals surface area contributed by atoms with Crippen molar-refractivity contribution in [2.75, 3.05) is 24.6 Å². The van der Waals surface area contributed by atoms with E-state index in [1.165, 1.54) is 21.6 Å². The minimum atomic E-state index is -2.66. The van der Waals surface area contributed by atoms with Gasteiger partial charge in [-0.3, -0.25) is 0 Å². The fourth-order valence-corrected chi connectivity index (χ4v) is 14.1. The van der Waals surface area contributed by atoms with Gasteiger partial charge in [-0.05, 0) is 0 Å². The molecule has 0 radical (unpaired) electrons. The molecule has 0 bridgehead atoms. The third-order valence-electron chi connectivity index (χ3n) is 5.94. The molecule has 1 N–H and O–H groups in total. The Morgan fingerprint density at radius 3 is 1.55 bits per heavy atom. The predicted octanol–water partition coefficient (Wildman–Crippen LogP) is 8.45. The molecule has 182 valence electrons. The van der Waals surface area contributed by atoms with E-state index < -0.39 is 12.8 Å². The monoisotopic (exact) mass is 508 g/mol. The van der Waals surface area contributed by atoms with Crippen LogP contribution in [0, 0.1) is 0 Å². The van der Waals surface area contributed by atoms with Gasteiger partial charge in [0, 0.05) is 0 Å². The minimum absolute atomic E-state index is 0.230. The summed E-state index contributed by atoms with van der Waals surface area (Å²) < 4.78 is 6.70. The summed E-state index contributed by atoms with van der Waals surface area (Å²) in [7, 11) is 2.76. The van der Waals surface area contributed by atoms with Crippen molar-refractivity contribution in [2.24, 2.45) is 0 Å². The summed E-state index contributed by atoms with van der Waals surface area (Å²) >= 11 is 0. The van der Waals surface area contributed by atoms with Crippen LogP contribution >= 0.6 is 28.4 Å². The zero-order valence-electron chi connectivity index (χ0n) is 20.2. The third-order valence-corrected chi connectivity index (χ3v) is 15.4. The van der Waals surface area contributed by atoms with Crippen molar-refractivity contribution in [2.45, 2.75) is 63.2 Å². The SMILES string of the molecule is CCCP(CCC)(CCC)(CCC)OC(=O)c1ccccc1SSc1ccccc1C(=O)O. The van der Waals surface area contributed by atoms with Crippen molar-refractivity contribution in [3.05, 3.63) is 59.7 Å². The molecule has 0 unspecified atom stereocenters. The van der Waals surface area contributed by atoms with Crippen molar-refractivity contribution < 1.29 is 19.2 Å². The Bertz CT molecular complexity index is 912. The molecule has 33 heavy (non-hydrogen) atoms. The fraction of sp³-hybridized carbons (Fsp3) is 0.462. The molecule has 0 atom stereocenters. The molecule has 0 spiro atoms. The van der Waals surface area contributed by atoms with E-state index in [2.05, 4.69) is 27.7 Å². The summed E-state index contributed by atoms with van der Waals surface area (Å²) in [5.41, 5.74) is 0.827. The van der Waals surface area contributed by atoms with Crippen LogP contribution in [0.15, 0.2) is 58.3 Å². The summed E-state index contributed by atoms with van der Waals surface area (Å²) in [5, 5.41) is 9.47. The molecule has 2 rings (SSSR count). The van der Waals surface area contributed by atoms with E-state index in [1.807, 2.05) is 30.3 Å². The number of carboxylic acid groups (broad SMARTS) is 1. The standard InChI is InChI=1S/C26H37O4PS2/c1-5-17-31(18-6-2,19-7-3,20-8-4)30-26(29)22-14-10-12-16-24(22)33-32-23-15-11-9-13-21(23)25(27)28/h9-16H,5-8,17-20H2,1-4H3,(H,27,28). The number of benzene rings is 2. The average molecular weight is 509 g/mol. The zero-order valence-corrected chi connectivity index (χ0v) is 22.7. The third kappa shape index (κ3) is 7.00. The molecule has 0 fully saturated rings. The van der Waals surface area contributed by atoms with E-state index in [9.17, 15) is 14.7 Å². The summed E-state index contributed by atoms with van der Waals surface area (Å²) in [6, 6.07) is 14.4. The predicted molar refractivity (Wildman–Crippen MR) is 145 cm³/mol. The van der Waals surface area contributed by atoms with Crippen molar-refractivity contribution in [3.63, 3.8) is 0 Å². The van der Waals surface area contributed by atoms with Crippen LogP contribution in [-0.4, -0.2) is 41.7 Å². The molecule has 0 aliphatic heterocycles. The summed E-state index contributed by atoms with van der Waals surface area (Å²) in [6.07, 6.45) is 8.02. The molecule has 2 aromatic carbocycles. The second kappa shape index (κ2) is 12.8. The number of hydrogen-bond acceptors (Lipinski definition) is 5. The zero-order chi connectivity index (χ0) is 24.3. The number of carbonyl (C=O) groups excluding carboxylic acids is 1. The molecule has 0 amide bonds. The van der Waals surface area contributed by atoms with Crippen LogP contribution in [0.5, 0.6) is 0 Å². The maximum absolute atomic E-state index is 13.7. The molecule has 0 aliphatic rings. The van der Waals surface area contributed by atoms with Gasteiger partial charge in [0.25, 0.3) is 0 Å². The number of aromatic carboxylic acids is 1. The second-order valence-electron chi connectivity index (χ2n) is 8.60. The fourth-order valence-electron chi connectivity index (χ4n) is 4.91. The van der Waals surface area contributed by atoms with Gasteiger partial charge in [-0.25, -0.2) is 0 Å². The molecule has 0 saturated carbocycles. The molecule has 0 heterocycles. The van der Waals surface area contributed by atoms with Gasteiger partial charge in [0.05, 0.1) is 0 Å². The normalized spacial score (nSPS) is 12.7. The van der Waals surface area contributed by atoms with Crippen LogP contribution < -0.4 is 0 Å². The molecule has 0 saturated heterocycles. The Morgan fingerprint density at radius 1 is 0.727 bits per heavy atom. The molecule has 0 aliphatic carbocycles. The first-order valence-corrected chi connectivity index (χ1v) is 16.9. The summed E-state index contributed by atoms with van der Waals surface area (Å²) in [4.78, 5) is 26.7. The van der Waals surface area contributed by atoms with Crippen LogP contribution in [0.2, 0.25) is 0 Å². The van der Waals surface area contributed by atoms with Gasteiger partial charge < -0.3 is 0 Å². The van der Waals surface area contributed by atoms with E-state index in [1.54, 1.807) is 18.2 Å². The molecular formula is C26H37O4PS2. The second-order valence-corrected chi connectivity index (χ2v) is 16.5. The van der Waals surface area contributed by atoms with Gasteiger partial charge in [0.2, 0.25) is 0 Å². The summed E-state index contributed by atoms with van der Waals surface area (Å²) in [5.74, 6) is -1.19. The van der Waals surface area contributed by atoms with E-state index in [0.29, 0.717) is 10.5 Å². The van der Waals surface area contributed by atoms with E-state index in [-0.39, 0.29) is 11.5 Å². The van der Waals surface area contributed by atoms with Gasteiger partial charge in [-0.15, -0.1) is 0 Å². The van der Waals surface area contributed by atoms with Crippen LogP contribution in [0.25, 0.3) is 0 Å². The molecular weight excluding hydrogens is 471 g/mol. The quantitative estimate of drug-likeness (QED) is 0.204. The van der Waals surface area contributed by atoms with E-state index in [0.717, 1.165) is 55.2 Å². The van der Waals surface area contributed by atoms with Gasteiger partial charge >= 0.3 is 207 Å². The van der Waals surface area contributed by atoms with E-state index in [4.69, 9.17) is 4.52 Å². The molecule has 0 aromatic heterocycles. The Morgan fingerprint density at radius 2 is 1.12 bits per heavy atom. The molecule has 4 nitrogen and oxygen atoms in total. The first-order valence-electron chi connectivity index (χ1n) is 11.8. The van der Waals surface area contributed by atoms with Crippen LogP contribution in [0.4, 0.5) is 0 Å². The average Bonchev–Trinajstić information content (AvgIpc) is 2.78. The number of hydrogen-bond donors (Lipinski definition) is 1. The summed E-state index contributed by atoms with van der Waals surface area (Å²) in [6.45, 7) is 6.10. The van der Waals surface area contributed by atoms with Gasteiger partial charge in [-0.1, -0.05) is 0 Å². The van der Waals surface area contributed by atoms with Gasteiger partial charge in [0.1, 0.15) is 0 Å². The van der Waals surface area contributed by atoms with Crippen LogP contribution in [0.1, 0.15) is 74.1 Å². The molecule has 2 aromatic rings. The first-order chi connectivity index (χ1) is 15.8. The Hall–Kier alpha value is -1.49. The van der Waals surface area contributed by atoms with Crippen molar-refractivity contribution in [1.29, 1.82) is 0 Å². The first kappa shape index (κ1) is 27.8. The molecule has 7 heteroatoms. The van der Waals surface area contributed by atoms with Crippen molar-refractivity contribution in [1.82, 2.24) is 0 Å². The van der Waals surface area contributed by atoms with Crippen LogP contribution in [0.3, 0.4) is 0 Å². The van der Waals surface area contributed by atoms with Crippen molar-refractivity contribution >= 4 is 40.4 Å². The maximum atomic E-state index is 13.7. The van der Waals surface area contributed by atoms with E-state index >= 15 is 0 Å². The van der Waals surface area contributed by atoms with Crippen molar-refractivity contribution in [3.8, 4) is 0 Å². The Kier molecular flexibility index (Phi) is 10.8. The Balaban J connectivity index is 2.37.